The molecule has 3 N–H and O–H groups in total. The van der Waals surface area contributed by atoms with E-state index in [4.69, 9.17) is 10.5 Å². The third-order valence-electron chi connectivity index (χ3n) is 2.58. The minimum absolute atomic E-state index is 0.0517. The molecular formula is C10H18N2O4. The number of hydrogen-bond acceptors (Lipinski definition) is 5. The Morgan fingerprint density at radius 3 is 2.75 bits per heavy atom. The van der Waals surface area contributed by atoms with Crippen LogP contribution in [0.15, 0.2) is 0 Å². The molecule has 0 radical (unpaired) electrons. The van der Waals surface area contributed by atoms with Gasteiger partial charge >= 0.3 is 5.97 Å². The Bertz CT molecular complexity index is 270. The molecule has 0 aromatic rings. The van der Waals surface area contributed by atoms with Crippen LogP contribution in [0.3, 0.4) is 0 Å². The van der Waals surface area contributed by atoms with Gasteiger partial charge in [0.25, 0.3) is 0 Å². The maximum absolute atomic E-state index is 11.7. The molecule has 92 valence electrons. The summed E-state index contributed by atoms with van der Waals surface area (Å²) in [6.45, 7) is 1.98. The highest BCUT2D eigenvalue weighted by Gasteiger charge is 2.31. The number of ether oxygens (including phenoxy) is 2. The summed E-state index contributed by atoms with van der Waals surface area (Å²) in [5.41, 5.74) is 5.44. The standard InChI is InChI=1S/C10H18N2O4/c1-6(10(14)15-2)12-9(13)8-4-3-7(5-11)16-8/h6-8H,3-5,11H2,1-2H3,(H,12,13). The number of esters is 1. The maximum atomic E-state index is 11.7. The smallest absolute Gasteiger partial charge is 0.328 e. The fourth-order valence-electron chi connectivity index (χ4n) is 1.61. The SMILES string of the molecule is COC(=O)C(C)NC(=O)C1CCC(CN)O1. The van der Waals surface area contributed by atoms with Crippen molar-refractivity contribution in [2.45, 2.75) is 38.0 Å². The lowest BCUT2D eigenvalue weighted by Crippen LogP contribution is -2.44. The van der Waals surface area contributed by atoms with Gasteiger partial charge in [0, 0.05) is 6.54 Å². The lowest BCUT2D eigenvalue weighted by molar-refractivity contribution is -0.146. The van der Waals surface area contributed by atoms with Crippen molar-refractivity contribution in [3.63, 3.8) is 0 Å². The van der Waals surface area contributed by atoms with E-state index in [1.54, 1.807) is 6.92 Å². The predicted molar refractivity (Wildman–Crippen MR) is 56.6 cm³/mol. The van der Waals surface area contributed by atoms with Gasteiger partial charge in [0.2, 0.25) is 5.91 Å². The quantitative estimate of drug-likeness (QED) is 0.615. The summed E-state index contributed by atoms with van der Waals surface area (Å²) in [6.07, 6.45) is 0.868. The van der Waals surface area contributed by atoms with E-state index in [9.17, 15) is 9.59 Å². The molecule has 6 heteroatoms. The minimum atomic E-state index is -0.655. The number of carbonyl (C=O) groups excluding carboxylic acids is 2. The minimum Gasteiger partial charge on any atom is -0.467 e. The largest absolute Gasteiger partial charge is 0.467 e. The predicted octanol–water partition coefficient (Wildman–Crippen LogP) is -0.830. The fourth-order valence-corrected chi connectivity index (χ4v) is 1.61. The molecule has 1 aliphatic heterocycles. The van der Waals surface area contributed by atoms with Crippen molar-refractivity contribution < 1.29 is 19.1 Å². The van der Waals surface area contributed by atoms with E-state index in [0.29, 0.717) is 13.0 Å². The van der Waals surface area contributed by atoms with Gasteiger partial charge in [0.05, 0.1) is 13.2 Å². The Kier molecular flexibility index (Phi) is 4.70. The van der Waals surface area contributed by atoms with Crippen molar-refractivity contribution in [3.05, 3.63) is 0 Å². The molecule has 1 fully saturated rings. The molecule has 0 spiro atoms. The van der Waals surface area contributed by atoms with Gasteiger partial charge in [-0.3, -0.25) is 4.79 Å². The highest BCUT2D eigenvalue weighted by Crippen LogP contribution is 2.18. The number of carbonyl (C=O) groups is 2. The summed E-state index contributed by atoms with van der Waals surface area (Å²) in [5, 5.41) is 2.54. The van der Waals surface area contributed by atoms with Crippen molar-refractivity contribution in [2.24, 2.45) is 5.73 Å². The molecule has 0 aliphatic carbocycles. The summed E-state index contributed by atoms with van der Waals surface area (Å²) in [4.78, 5) is 22.7. The van der Waals surface area contributed by atoms with E-state index < -0.39 is 18.1 Å². The summed E-state index contributed by atoms with van der Waals surface area (Å²) >= 11 is 0. The molecule has 6 nitrogen and oxygen atoms in total. The van der Waals surface area contributed by atoms with E-state index in [1.807, 2.05) is 0 Å². The highest BCUT2D eigenvalue weighted by atomic mass is 16.5. The maximum Gasteiger partial charge on any atom is 0.328 e. The zero-order valence-corrected chi connectivity index (χ0v) is 9.56. The second-order valence-corrected chi connectivity index (χ2v) is 3.81. The summed E-state index contributed by atoms with van der Waals surface area (Å²) < 4.78 is 9.90. The normalized spacial score (nSPS) is 26.2. The Labute approximate surface area is 94.5 Å². The van der Waals surface area contributed by atoms with E-state index in [2.05, 4.69) is 10.1 Å². The molecule has 1 rings (SSSR count). The lowest BCUT2D eigenvalue weighted by atomic mass is 10.2. The van der Waals surface area contributed by atoms with E-state index in [0.717, 1.165) is 6.42 Å². The van der Waals surface area contributed by atoms with E-state index in [-0.39, 0.29) is 12.0 Å². The van der Waals surface area contributed by atoms with Gasteiger partial charge in [-0.25, -0.2) is 4.79 Å². The first-order chi connectivity index (χ1) is 7.58. The number of nitrogens with one attached hydrogen (secondary N) is 1. The number of methoxy groups -OCH3 is 1. The lowest BCUT2D eigenvalue weighted by Gasteiger charge is -2.15. The van der Waals surface area contributed by atoms with Gasteiger partial charge in [-0.05, 0) is 19.8 Å². The average molecular weight is 230 g/mol. The van der Waals surface area contributed by atoms with Gasteiger partial charge in [0.15, 0.2) is 0 Å². The van der Waals surface area contributed by atoms with Crippen LogP contribution >= 0.6 is 0 Å². The van der Waals surface area contributed by atoms with Crippen LogP contribution in [0, 0.1) is 0 Å². The highest BCUT2D eigenvalue weighted by molar-refractivity contribution is 5.86. The number of nitrogens with two attached hydrogens (primary N) is 1. The van der Waals surface area contributed by atoms with Crippen LogP contribution in [0.25, 0.3) is 0 Å². The fraction of sp³-hybridized carbons (Fsp3) is 0.800. The zero-order chi connectivity index (χ0) is 12.1. The van der Waals surface area contributed by atoms with E-state index >= 15 is 0 Å². The van der Waals surface area contributed by atoms with Crippen LogP contribution in [0.1, 0.15) is 19.8 Å². The Balaban J connectivity index is 2.38. The zero-order valence-electron chi connectivity index (χ0n) is 9.56. The number of rotatable bonds is 4. The van der Waals surface area contributed by atoms with Crippen molar-refractivity contribution in [1.82, 2.24) is 5.32 Å². The van der Waals surface area contributed by atoms with Gasteiger partial charge in [0.1, 0.15) is 12.1 Å². The molecule has 16 heavy (non-hydrogen) atoms. The van der Waals surface area contributed by atoms with Crippen molar-refractivity contribution in [2.75, 3.05) is 13.7 Å². The molecule has 0 saturated carbocycles. The van der Waals surface area contributed by atoms with Crippen LogP contribution < -0.4 is 11.1 Å². The Morgan fingerprint density at radius 2 is 2.25 bits per heavy atom. The molecule has 0 aromatic heterocycles. The van der Waals surface area contributed by atoms with Gasteiger partial charge in [-0.2, -0.15) is 0 Å². The summed E-state index contributed by atoms with van der Waals surface area (Å²) in [7, 11) is 1.28. The van der Waals surface area contributed by atoms with Crippen LogP contribution in [-0.4, -0.2) is 43.8 Å². The average Bonchev–Trinajstić information content (AvgIpc) is 2.76. The van der Waals surface area contributed by atoms with Crippen molar-refractivity contribution in [1.29, 1.82) is 0 Å². The van der Waals surface area contributed by atoms with Crippen LogP contribution in [-0.2, 0) is 19.1 Å². The number of hydrogen-bond donors (Lipinski definition) is 2. The summed E-state index contributed by atoms with van der Waals surface area (Å²) in [5.74, 6) is -0.754. The molecule has 1 aliphatic rings. The van der Waals surface area contributed by atoms with Crippen molar-refractivity contribution in [3.8, 4) is 0 Å². The number of amides is 1. The second-order valence-electron chi connectivity index (χ2n) is 3.81. The van der Waals surface area contributed by atoms with Crippen LogP contribution in [0.2, 0.25) is 0 Å². The van der Waals surface area contributed by atoms with E-state index in [1.165, 1.54) is 7.11 Å². The topological polar surface area (TPSA) is 90.7 Å². The Morgan fingerprint density at radius 1 is 1.56 bits per heavy atom. The molecule has 1 saturated heterocycles. The molecular weight excluding hydrogens is 212 g/mol. The van der Waals surface area contributed by atoms with Crippen LogP contribution in [0.4, 0.5) is 0 Å². The third-order valence-corrected chi connectivity index (χ3v) is 2.58. The first kappa shape index (κ1) is 12.9. The third kappa shape index (κ3) is 3.18. The van der Waals surface area contributed by atoms with Crippen molar-refractivity contribution >= 4 is 11.9 Å². The molecule has 3 atom stereocenters. The van der Waals surface area contributed by atoms with Gasteiger partial charge < -0.3 is 20.5 Å². The first-order valence-electron chi connectivity index (χ1n) is 5.32. The molecule has 0 bridgehead atoms. The Hall–Kier alpha value is -1.14. The van der Waals surface area contributed by atoms with Gasteiger partial charge in [-0.1, -0.05) is 0 Å². The molecule has 0 aromatic carbocycles. The molecule has 1 heterocycles. The first-order valence-corrected chi connectivity index (χ1v) is 5.32. The molecule has 3 unspecified atom stereocenters. The molecule has 1 amide bonds. The monoisotopic (exact) mass is 230 g/mol. The van der Waals surface area contributed by atoms with Gasteiger partial charge in [-0.15, -0.1) is 0 Å². The summed E-state index contributed by atoms with van der Waals surface area (Å²) in [6, 6.07) is -0.655. The second kappa shape index (κ2) is 5.81. The van der Waals surface area contributed by atoms with Crippen LogP contribution in [0.5, 0.6) is 0 Å².